The lowest BCUT2D eigenvalue weighted by Gasteiger charge is -2.43. The monoisotopic (exact) mass is 474 g/mol. The minimum absolute atomic E-state index is 0.0694. The maximum absolute atomic E-state index is 13.5. The van der Waals surface area contributed by atoms with Crippen LogP contribution in [0.5, 0.6) is 0 Å². The minimum atomic E-state index is -0.413. The number of urea groups is 1. The molecule has 1 N–H and O–H groups in total. The van der Waals surface area contributed by atoms with E-state index in [4.69, 9.17) is 11.6 Å². The van der Waals surface area contributed by atoms with Crippen molar-refractivity contribution in [2.45, 2.75) is 57.1 Å². The first-order chi connectivity index (χ1) is 16.0. The van der Waals surface area contributed by atoms with Gasteiger partial charge < -0.3 is 24.7 Å². The van der Waals surface area contributed by atoms with Crippen LogP contribution in [0.25, 0.3) is 0 Å². The molecule has 3 amide bonds. The molecule has 180 valence electrons. The molecule has 33 heavy (non-hydrogen) atoms. The molecule has 1 aliphatic carbocycles. The van der Waals surface area contributed by atoms with Crippen molar-refractivity contribution < 1.29 is 14.7 Å². The van der Waals surface area contributed by atoms with E-state index in [-0.39, 0.29) is 24.1 Å². The summed E-state index contributed by atoms with van der Waals surface area (Å²) in [5.74, 6) is 0.241. The molecule has 0 bridgehead atoms. The summed E-state index contributed by atoms with van der Waals surface area (Å²) in [7, 11) is 0. The molecule has 1 saturated carbocycles. The number of amides is 3. The van der Waals surface area contributed by atoms with Crippen molar-refractivity contribution in [2.75, 3.05) is 50.7 Å². The van der Waals surface area contributed by atoms with Crippen LogP contribution in [-0.2, 0) is 4.79 Å². The molecule has 7 nitrogen and oxygen atoms in total. The van der Waals surface area contributed by atoms with Crippen LogP contribution in [0.15, 0.2) is 24.3 Å². The van der Waals surface area contributed by atoms with E-state index in [1.165, 1.54) is 0 Å². The van der Waals surface area contributed by atoms with Crippen LogP contribution in [0.2, 0.25) is 5.02 Å². The maximum Gasteiger partial charge on any atom is 0.320 e. The topological polar surface area (TPSA) is 67.3 Å². The number of rotatable bonds is 2. The van der Waals surface area contributed by atoms with Crippen molar-refractivity contribution in [2.24, 2.45) is 5.41 Å². The van der Waals surface area contributed by atoms with E-state index < -0.39 is 5.41 Å². The lowest BCUT2D eigenvalue weighted by atomic mass is 9.78. The zero-order valence-corrected chi connectivity index (χ0v) is 20.1. The molecule has 0 aromatic heterocycles. The summed E-state index contributed by atoms with van der Waals surface area (Å²) < 4.78 is 0. The third kappa shape index (κ3) is 4.42. The number of anilines is 1. The van der Waals surface area contributed by atoms with Gasteiger partial charge in [-0.3, -0.25) is 4.79 Å². The first-order valence-corrected chi connectivity index (χ1v) is 12.9. The quantitative estimate of drug-likeness (QED) is 0.714. The number of piperidine rings is 1. The van der Waals surface area contributed by atoms with Gasteiger partial charge in [-0.2, -0.15) is 0 Å². The smallest absolute Gasteiger partial charge is 0.320 e. The summed E-state index contributed by atoms with van der Waals surface area (Å²) >= 11 is 6.36. The van der Waals surface area contributed by atoms with E-state index in [1.54, 1.807) is 0 Å². The third-order valence-electron chi connectivity index (χ3n) is 8.24. The molecule has 3 heterocycles. The van der Waals surface area contributed by atoms with Crippen molar-refractivity contribution >= 4 is 29.2 Å². The summed E-state index contributed by atoms with van der Waals surface area (Å²) in [6.45, 7) is 4.91. The summed E-state index contributed by atoms with van der Waals surface area (Å²) in [6, 6.07) is 8.17. The zero-order chi connectivity index (χ0) is 23.0. The number of aliphatic hydroxyl groups excluding tert-OH is 1. The van der Waals surface area contributed by atoms with Gasteiger partial charge in [0.25, 0.3) is 0 Å². The number of halogens is 1. The van der Waals surface area contributed by atoms with Crippen molar-refractivity contribution in [3.63, 3.8) is 0 Å². The second-order valence-corrected chi connectivity index (χ2v) is 10.6. The Labute approximate surface area is 201 Å². The van der Waals surface area contributed by atoms with Gasteiger partial charge in [-0.15, -0.1) is 0 Å². The third-order valence-corrected chi connectivity index (χ3v) is 8.56. The van der Waals surface area contributed by atoms with Gasteiger partial charge >= 0.3 is 6.03 Å². The normalized spacial score (nSPS) is 30.9. The van der Waals surface area contributed by atoms with E-state index >= 15 is 0 Å². The molecule has 0 radical (unpaired) electrons. The summed E-state index contributed by atoms with van der Waals surface area (Å²) in [6.07, 6.45) is 5.74. The zero-order valence-electron chi connectivity index (χ0n) is 19.3. The number of carbonyl (C=O) groups is 2. The molecule has 4 fully saturated rings. The molecular formula is C25H35ClN4O3. The number of para-hydroxylation sites is 1. The molecule has 1 atom stereocenters. The number of carbonyl (C=O) groups excluding carboxylic acids is 2. The SMILES string of the molecule is O=C(N1CCN(c2ccccc2Cl)CC1)N1CCCC2(CCN(C3CCC(O)CC3)C2=O)C1. The lowest BCUT2D eigenvalue weighted by molar-refractivity contribution is -0.141. The van der Waals surface area contributed by atoms with Crippen LogP contribution >= 0.6 is 11.6 Å². The molecule has 3 saturated heterocycles. The predicted octanol–water partition coefficient (Wildman–Crippen LogP) is 3.20. The van der Waals surface area contributed by atoms with Gasteiger partial charge in [-0.1, -0.05) is 23.7 Å². The summed E-state index contributed by atoms with van der Waals surface area (Å²) in [5.41, 5.74) is 0.610. The Morgan fingerprint density at radius 1 is 0.939 bits per heavy atom. The number of nitrogens with zero attached hydrogens (tertiary/aromatic N) is 4. The fourth-order valence-corrected chi connectivity index (χ4v) is 6.54. The highest BCUT2D eigenvalue weighted by Crippen LogP contribution is 2.42. The largest absolute Gasteiger partial charge is 0.393 e. The molecule has 3 aliphatic heterocycles. The number of hydrogen-bond acceptors (Lipinski definition) is 4. The number of aliphatic hydroxyl groups is 1. The fourth-order valence-electron chi connectivity index (χ4n) is 6.29. The molecule has 1 aromatic carbocycles. The van der Waals surface area contributed by atoms with Gasteiger partial charge in [0.2, 0.25) is 5.91 Å². The summed E-state index contributed by atoms with van der Waals surface area (Å²) in [5, 5.41) is 10.6. The van der Waals surface area contributed by atoms with E-state index in [2.05, 4.69) is 9.80 Å². The Morgan fingerprint density at radius 3 is 2.39 bits per heavy atom. The standard InChI is InChI=1S/C25H35ClN4O3/c26-21-4-1-2-5-22(21)27-14-16-28(17-15-27)24(33)29-12-3-10-25(18-29)11-13-30(23(25)32)19-6-8-20(31)9-7-19/h1-2,4-5,19-20,31H,3,6-18H2. The minimum Gasteiger partial charge on any atom is -0.393 e. The number of piperazine rings is 1. The maximum atomic E-state index is 13.5. The van der Waals surface area contributed by atoms with Crippen LogP contribution in [0.1, 0.15) is 44.9 Å². The Balaban J connectivity index is 1.19. The number of hydrogen-bond donors (Lipinski definition) is 1. The van der Waals surface area contributed by atoms with Crippen LogP contribution in [0.3, 0.4) is 0 Å². The fraction of sp³-hybridized carbons (Fsp3) is 0.680. The van der Waals surface area contributed by atoms with Gasteiger partial charge in [0.05, 0.1) is 22.2 Å². The average molecular weight is 475 g/mol. The van der Waals surface area contributed by atoms with E-state index in [0.29, 0.717) is 19.6 Å². The second kappa shape index (κ2) is 9.34. The molecular weight excluding hydrogens is 440 g/mol. The molecule has 1 spiro atoms. The molecule has 4 aliphatic rings. The van der Waals surface area contributed by atoms with Gasteiger partial charge in [-0.25, -0.2) is 4.79 Å². The molecule has 1 aromatic rings. The number of benzene rings is 1. The molecule has 5 rings (SSSR count). The van der Waals surface area contributed by atoms with E-state index in [9.17, 15) is 14.7 Å². The first kappa shape index (κ1) is 22.8. The first-order valence-electron chi connectivity index (χ1n) is 12.5. The van der Waals surface area contributed by atoms with Gasteiger partial charge in [0, 0.05) is 51.9 Å². The van der Waals surface area contributed by atoms with Gasteiger partial charge in [0.1, 0.15) is 0 Å². The van der Waals surface area contributed by atoms with Gasteiger partial charge in [-0.05, 0) is 57.1 Å². The van der Waals surface area contributed by atoms with Crippen LogP contribution in [0.4, 0.5) is 10.5 Å². The molecule has 8 heteroatoms. The highest BCUT2D eigenvalue weighted by atomic mass is 35.5. The Bertz CT molecular complexity index is 882. The van der Waals surface area contributed by atoms with Crippen molar-refractivity contribution in [1.82, 2.24) is 14.7 Å². The highest BCUT2D eigenvalue weighted by molar-refractivity contribution is 6.33. The van der Waals surface area contributed by atoms with Gasteiger partial charge in [0.15, 0.2) is 0 Å². The number of likely N-dealkylation sites (tertiary alicyclic amines) is 2. The molecule has 1 unspecified atom stereocenters. The van der Waals surface area contributed by atoms with Crippen molar-refractivity contribution in [1.29, 1.82) is 0 Å². The van der Waals surface area contributed by atoms with E-state index in [1.807, 2.05) is 34.1 Å². The average Bonchev–Trinajstić information content (AvgIpc) is 3.14. The van der Waals surface area contributed by atoms with E-state index in [0.717, 1.165) is 81.8 Å². The Hall–Kier alpha value is -1.99. The second-order valence-electron chi connectivity index (χ2n) is 10.2. The van der Waals surface area contributed by atoms with Crippen molar-refractivity contribution in [3.05, 3.63) is 29.3 Å². The lowest BCUT2D eigenvalue weighted by Crippen LogP contribution is -2.57. The highest BCUT2D eigenvalue weighted by Gasteiger charge is 2.51. The van der Waals surface area contributed by atoms with Crippen molar-refractivity contribution in [3.8, 4) is 0 Å². The predicted molar refractivity (Wildman–Crippen MR) is 128 cm³/mol. The summed E-state index contributed by atoms with van der Waals surface area (Å²) in [4.78, 5) is 35.1. The van der Waals surface area contributed by atoms with Crippen LogP contribution < -0.4 is 4.90 Å². The van der Waals surface area contributed by atoms with Crippen LogP contribution in [-0.4, -0.2) is 89.7 Å². The Kier molecular flexibility index (Phi) is 6.45. The van der Waals surface area contributed by atoms with Crippen LogP contribution in [0, 0.1) is 5.41 Å². The Morgan fingerprint density at radius 2 is 1.67 bits per heavy atom.